The molecule has 0 unspecified atom stereocenters. The second-order valence-electron chi connectivity index (χ2n) is 4.38. The van der Waals surface area contributed by atoms with E-state index in [0.717, 1.165) is 0 Å². The molecular formula is C12H14FNO3. The predicted molar refractivity (Wildman–Crippen MR) is 60.2 cm³/mol. The lowest BCUT2D eigenvalue weighted by Gasteiger charge is -2.19. The van der Waals surface area contributed by atoms with Gasteiger partial charge in [0.2, 0.25) is 0 Å². The second kappa shape index (κ2) is 4.95. The molecule has 0 saturated heterocycles. The van der Waals surface area contributed by atoms with Crippen molar-refractivity contribution in [1.29, 1.82) is 0 Å². The first-order chi connectivity index (χ1) is 7.83. The summed E-state index contributed by atoms with van der Waals surface area (Å²) in [6.07, 6.45) is 0. The molecule has 1 amide bonds. The van der Waals surface area contributed by atoms with E-state index in [1.165, 1.54) is 38.1 Å². The molecule has 4 nitrogen and oxygen atoms in total. The van der Waals surface area contributed by atoms with E-state index in [1.54, 1.807) is 0 Å². The first-order valence-electron chi connectivity index (χ1n) is 5.10. The minimum absolute atomic E-state index is 0.0124. The Bertz CT molecular complexity index is 426. The Balaban J connectivity index is 2.62. The topological polar surface area (TPSA) is 66.4 Å². The first-order valence-corrected chi connectivity index (χ1v) is 5.10. The van der Waals surface area contributed by atoms with Crippen LogP contribution in [0.3, 0.4) is 0 Å². The van der Waals surface area contributed by atoms with Gasteiger partial charge in [-0.3, -0.25) is 9.59 Å². The molecule has 0 heterocycles. The fraction of sp³-hybridized carbons (Fsp3) is 0.333. The normalized spacial score (nSPS) is 11.0. The molecule has 0 saturated carbocycles. The van der Waals surface area contributed by atoms with Crippen LogP contribution >= 0.6 is 0 Å². The quantitative estimate of drug-likeness (QED) is 0.839. The van der Waals surface area contributed by atoms with Crippen molar-refractivity contribution >= 4 is 11.9 Å². The van der Waals surface area contributed by atoms with Crippen molar-refractivity contribution in [3.8, 4) is 0 Å². The Kier molecular flexibility index (Phi) is 3.83. The monoisotopic (exact) mass is 239 g/mol. The minimum Gasteiger partial charge on any atom is -0.481 e. The van der Waals surface area contributed by atoms with E-state index in [-0.39, 0.29) is 6.54 Å². The number of hydrogen-bond acceptors (Lipinski definition) is 2. The molecule has 0 spiro atoms. The second-order valence-corrected chi connectivity index (χ2v) is 4.38. The Morgan fingerprint density at radius 3 is 2.29 bits per heavy atom. The summed E-state index contributed by atoms with van der Waals surface area (Å²) >= 11 is 0. The number of carboxylic acids is 1. The van der Waals surface area contributed by atoms with Crippen LogP contribution < -0.4 is 5.32 Å². The van der Waals surface area contributed by atoms with Gasteiger partial charge in [-0.15, -0.1) is 0 Å². The van der Waals surface area contributed by atoms with E-state index >= 15 is 0 Å². The van der Waals surface area contributed by atoms with E-state index in [1.807, 2.05) is 0 Å². The molecule has 0 aliphatic heterocycles. The number of nitrogens with one attached hydrogen (secondary N) is 1. The largest absolute Gasteiger partial charge is 0.481 e. The summed E-state index contributed by atoms with van der Waals surface area (Å²) in [5.74, 6) is -1.83. The molecule has 92 valence electrons. The summed E-state index contributed by atoms with van der Waals surface area (Å²) < 4.78 is 12.6. The number of hydrogen-bond donors (Lipinski definition) is 2. The molecule has 17 heavy (non-hydrogen) atoms. The van der Waals surface area contributed by atoms with Crippen LogP contribution in [-0.4, -0.2) is 23.5 Å². The van der Waals surface area contributed by atoms with Crippen molar-refractivity contribution in [3.63, 3.8) is 0 Å². The number of carbonyl (C=O) groups is 2. The Labute approximate surface area is 98.5 Å². The van der Waals surface area contributed by atoms with Crippen molar-refractivity contribution in [2.75, 3.05) is 6.54 Å². The number of carbonyl (C=O) groups excluding carboxylic acids is 1. The molecule has 1 aromatic rings. The summed E-state index contributed by atoms with van der Waals surface area (Å²) in [6.45, 7) is 3.04. The standard InChI is InChI=1S/C12H14FNO3/c1-12(2,11(16)17)7-14-10(15)8-3-5-9(13)6-4-8/h3-6H,7H2,1-2H3,(H,14,15)(H,16,17). The number of aliphatic carboxylic acids is 1. The molecule has 0 aliphatic rings. The molecule has 2 N–H and O–H groups in total. The average molecular weight is 239 g/mol. The van der Waals surface area contributed by atoms with E-state index in [4.69, 9.17) is 5.11 Å². The van der Waals surface area contributed by atoms with E-state index < -0.39 is 23.1 Å². The molecular weight excluding hydrogens is 225 g/mol. The first kappa shape index (κ1) is 13.2. The summed E-state index contributed by atoms with van der Waals surface area (Å²) in [5.41, 5.74) is -0.733. The van der Waals surface area contributed by atoms with E-state index in [9.17, 15) is 14.0 Å². The van der Waals surface area contributed by atoms with Crippen LogP contribution in [0.2, 0.25) is 0 Å². The van der Waals surface area contributed by atoms with E-state index in [2.05, 4.69) is 5.32 Å². The SMILES string of the molecule is CC(C)(CNC(=O)c1ccc(F)cc1)C(=O)O. The van der Waals surface area contributed by atoms with Crippen LogP contribution in [0.1, 0.15) is 24.2 Å². The maximum Gasteiger partial charge on any atom is 0.310 e. The van der Waals surface area contributed by atoms with Crippen LogP contribution in [-0.2, 0) is 4.79 Å². The highest BCUT2D eigenvalue weighted by atomic mass is 19.1. The van der Waals surface area contributed by atoms with Crippen molar-refractivity contribution in [2.45, 2.75) is 13.8 Å². The van der Waals surface area contributed by atoms with Gasteiger partial charge >= 0.3 is 5.97 Å². The van der Waals surface area contributed by atoms with Gasteiger partial charge in [-0.05, 0) is 38.1 Å². The maximum absolute atomic E-state index is 12.6. The fourth-order valence-corrected chi connectivity index (χ4v) is 1.08. The van der Waals surface area contributed by atoms with Gasteiger partial charge in [0.1, 0.15) is 5.82 Å². The zero-order valence-electron chi connectivity index (χ0n) is 9.66. The van der Waals surface area contributed by atoms with Crippen LogP contribution in [0, 0.1) is 11.2 Å². The molecule has 0 fully saturated rings. The summed E-state index contributed by atoms with van der Waals surface area (Å²) in [4.78, 5) is 22.4. The number of benzene rings is 1. The van der Waals surface area contributed by atoms with Gasteiger partial charge in [-0.25, -0.2) is 4.39 Å². The third-order valence-corrected chi connectivity index (χ3v) is 2.38. The Morgan fingerprint density at radius 1 is 1.29 bits per heavy atom. The maximum atomic E-state index is 12.6. The predicted octanol–water partition coefficient (Wildman–Crippen LogP) is 1.67. The number of rotatable bonds is 4. The lowest BCUT2D eigenvalue weighted by atomic mass is 9.94. The average Bonchev–Trinajstić information content (AvgIpc) is 2.27. The lowest BCUT2D eigenvalue weighted by Crippen LogP contribution is -2.38. The minimum atomic E-state index is -1.03. The molecule has 1 rings (SSSR count). The van der Waals surface area contributed by atoms with Gasteiger partial charge in [-0.2, -0.15) is 0 Å². The molecule has 5 heteroatoms. The summed E-state index contributed by atoms with van der Waals surface area (Å²) in [5, 5.41) is 11.4. The fourth-order valence-electron chi connectivity index (χ4n) is 1.08. The Morgan fingerprint density at radius 2 is 1.82 bits per heavy atom. The molecule has 1 aromatic carbocycles. The van der Waals surface area contributed by atoms with Gasteiger partial charge in [-0.1, -0.05) is 0 Å². The zero-order chi connectivity index (χ0) is 13.1. The third-order valence-electron chi connectivity index (χ3n) is 2.38. The highest BCUT2D eigenvalue weighted by molar-refractivity contribution is 5.94. The molecule has 0 aromatic heterocycles. The van der Waals surface area contributed by atoms with Crippen molar-refractivity contribution in [3.05, 3.63) is 35.6 Å². The summed E-state index contributed by atoms with van der Waals surface area (Å²) in [6, 6.07) is 5.05. The van der Waals surface area contributed by atoms with Gasteiger partial charge in [0.15, 0.2) is 0 Å². The lowest BCUT2D eigenvalue weighted by molar-refractivity contribution is -0.146. The van der Waals surface area contributed by atoms with Crippen LogP contribution in [0.5, 0.6) is 0 Å². The smallest absolute Gasteiger partial charge is 0.310 e. The van der Waals surface area contributed by atoms with E-state index in [0.29, 0.717) is 5.56 Å². The zero-order valence-corrected chi connectivity index (χ0v) is 9.66. The number of amides is 1. The highest BCUT2D eigenvalue weighted by Crippen LogP contribution is 2.13. The highest BCUT2D eigenvalue weighted by Gasteiger charge is 2.27. The van der Waals surface area contributed by atoms with Crippen molar-refractivity contribution in [2.24, 2.45) is 5.41 Å². The molecule has 0 bridgehead atoms. The van der Waals surface area contributed by atoms with Crippen molar-refractivity contribution < 1.29 is 19.1 Å². The molecule has 0 radical (unpaired) electrons. The number of halogens is 1. The van der Waals surface area contributed by atoms with Gasteiger partial charge in [0, 0.05) is 12.1 Å². The van der Waals surface area contributed by atoms with Crippen LogP contribution in [0.4, 0.5) is 4.39 Å². The van der Waals surface area contributed by atoms with Gasteiger partial charge < -0.3 is 10.4 Å². The Hall–Kier alpha value is -1.91. The van der Waals surface area contributed by atoms with Gasteiger partial charge in [0.05, 0.1) is 5.41 Å². The van der Waals surface area contributed by atoms with Gasteiger partial charge in [0.25, 0.3) is 5.91 Å². The third kappa shape index (κ3) is 3.55. The molecule has 0 aliphatic carbocycles. The van der Waals surface area contributed by atoms with Crippen molar-refractivity contribution in [1.82, 2.24) is 5.32 Å². The molecule has 0 atom stereocenters. The number of carboxylic acid groups (broad SMARTS) is 1. The summed E-state index contributed by atoms with van der Waals surface area (Å²) in [7, 11) is 0. The van der Waals surface area contributed by atoms with Crippen LogP contribution in [0.15, 0.2) is 24.3 Å². The van der Waals surface area contributed by atoms with Crippen LogP contribution in [0.25, 0.3) is 0 Å².